The quantitative estimate of drug-likeness (QED) is 0.757. The lowest BCUT2D eigenvalue weighted by molar-refractivity contribution is 0.276. The van der Waals surface area contributed by atoms with E-state index < -0.39 is 0 Å². The minimum atomic E-state index is 0.928. The van der Waals surface area contributed by atoms with Crippen LogP contribution in [0, 0.1) is 6.92 Å². The molecule has 2 heterocycles. The van der Waals surface area contributed by atoms with E-state index in [9.17, 15) is 0 Å². The summed E-state index contributed by atoms with van der Waals surface area (Å²) >= 11 is 1.87. The van der Waals surface area contributed by atoms with Gasteiger partial charge in [-0.15, -0.1) is 11.3 Å². The van der Waals surface area contributed by atoms with Gasteiger partial charge in [0.1, 0.15) is 0 Å². The van der Waals surface area contributed by atoms with Crippen LogP contribution in [0.1, 0.15) is 22.4 Å². The highest BCUT2D eigenvalue weighted by molar-refractivity contribution is 7.11. The van der Waals surface area contributed by atoms with Crippen molar-refractivity contribution in [3.05, 3.63) is 52.0 Å². The molecule has 0 saturated heterocycles. The molecule has 0 amide bonds. The first-order chi connectivity index (χ1) is 9.78. The highest BCUT2D eigenvalue weighted by Crippen LogP contribution is 2.14. The highest BCUT2D eigenvalue weighted by atomic mass is 32.1. The molecule has 0 bridgehead atoms. The van der Waals surface area contributed by atoms with Crippen molar-refractivity contribution < 1.29 is 0 Å². The molecule has 0 aromatic carbocycles. The second kappa shape index (κ2) is 8.15. The van der Waals surface area contributed by atoms with E-state index in [1.165, 1.54) is 9.75 Å². The van der Waals surface area contributed by atoms with Gasteiger partial charge in [-0.25, -0.2) is 0 Å². The Bertz CT molecular complexity index is 495. The maximum atomic E-state index is 4.38. The Morgan fingerprint density at radius 2 is 2.15 bits per heavy atom. The number of aryl methyl sites for hydroxylation is 1. The SMILES string of the molecule is CCN(CCNCc1ccc(C)s1)Cc1ccccn1. The van der Waals surface area contributed by atoms with Crippen molar-refractivity contribution in [1.82, 2.24) is 15.2 Å². The molecule has 0 saturated carbocycles. The molecule has 3 nitrogen and oxygen atoms in total. The zero-order valence-electron chi connectivity index (χ0n) is 12.3. The van der Waals surface area contributed by atoms with Gasteiger partial charge in [-0.3, -0.25) is 9.88 Å². The predicted molar refractivity (Wildman–Crippen MR) is 86.0 cm³/mol. The molecule has 0 radical (unpaired) electrons. The van der Waals surface area contributed by atoms with Crippen LogP contribution < -0.4 is 5.32 Å². The molecule has 2 rings (SSSR count). The lowest BCUT2D eigenvalue weighted by Gasteiger charge is -2.20. The first kappa shape index (κ1) is 15.2. The van der Waals surface area contributed by atoms with E-state index in [4.69, 9.17) is 0 Å². The second-order valence-corrected chi connectivity index (χ2v) is 6.25. The van der Waals surface area contributed by atoms with Crippen molar-refractivity contribution in [3.63, 3.8) is 0 Å². The third kappa shape index (κ3) is 5.04. The molecule has 1 N–H and O–H groups in total. The van der Waals surface area contributed by atoms with E-state index in [0.29, 0.717) is 0 Å². The van der Waals surface area contributed by atoms with Crippen molar-refractivity contribution in [2.45, 2.75) is 26.9 Å². The van der Waals surface area contributed by atoms with Gasteiger partial charge in [0.2, 0.25) is 0 Å². The summed E-state index contributed by atoms with van der Waals surface area (Å²) in [6, 6.07) is 10.5. The van der Waals surface area contributed by atoms with E-state index in [1.54, 1.807) is 0 Å². The molecule has 0 aliphatic heterocycles. The van der Waals surface area contributed by atoms with E-state index in [2.05, 4.69) is 47.2 Å². The normalized spacial score (nSPS) is 11.2. The number of likely N-dealkylation sites (N-methyl/N-ethyl adjacent to an activating group) is 1. The van der Waals surface area contributed by atoms with E-state index >= 15 is 0 Å². The molecule has 0 atom stereocenters. The summed E-state index contributed by atoms with van der Waals surface area (Å²) in [5.74, 6) is 0. The molecule has 0 spiro atoms. The fourth-order valence-electron chi connectivity index (χ4n) is 2.10. The van der Waals surface area contributed by atoms with Gasteiger partial charge in [0, 0.05) is 42.1 Å². The van der Waals surface area contributed by atoms with E-state index in [0.717, 1.165) is 38.4 Å². The predicted octanol–water partition coefficient (Wildman–Crippen LogP) is 3.06. The number of hydrogen-bond acceptors (Lipinski definition) is 4. The lowest BCUT2D eigenvalue weighted by atomic mass is 10.3. The molecule has 0 aliphatic carbocycles. The zero-order valence-corrected chi connectivity index (χ0v) is 13.1. The Balaban J connectivity index is 1.68. The Morgan fingerprint density at radius 1 is 1.25 bits per heavy atom. The van der Waals surface area contributed by atoms with Gasteiger partial charge in [-0.1, -0.05) is 13.0 Å². The van der Waals surface area contributed by atoms with Gasteiger partial charge in [0.05, 0.1) is 5.69 Å². The standard InChI is InChI=1S/C16H23N3S/c1-3-19(13-15-6-4-5-9-18-15)11-10-17-12-16-8-7-14(2)20-16/h4-9,17H,3,10-13H2,1-2H3. The minimum Gasteiger partial charge on any atom is -0.311 e. The molecular weight excluding hydrogens is 266 g/mol. The number of nitrogens with one attached hydrogen (secondary N) is 1. The molecule has 2 aromatic heterocycles. The third-order valence-electron chi connectivity index (χ3n) is 3.26. The summed E-state index contributed by atoms with van der Waals surface area (Å²) in [6.07, 6.45) is 1.86. The number of pyridine rings is 1. The average molecular weight is 289 g/mol. The van der Waals surface area contributed by atoms with Crippen LogP contribution in [0.25, 0.3) is 0 Å². The summed E-state index contributed by atoms with van der Waals surface area (Å²) in [7, 11) is 0. The summed E-state index contributed by atoms with van der Waals surface area (Å²) in [4.78, 5) is 9.59. The lowest BCUT2D eigenvalue weighted by Crippen LogP contribution is -2.31. The number of thiophene rings is 1. The fourth-order valence-corrected chi connectivity index (χ4v) is 2.96. The molecule has 0 unspecified atom stereocenters. The van der Waals surface area contributed by atoms with Crippen molar-refractivity contribution in [3.8, 4) is 0 Å². The van der Waals surface area contributed by atoms with Crippen LogP contribution in [0.4, 0.5) is 0 Å². The average Bonchev–Trinajstić information content (AvgIpc) is 2.89. The maximum Gasteiger partial charge on any atom is 0.0543 e. The fraction of sp³-hybridized carbons (Fsp3) is 0.438. The van der Waals surface area contributed by atoms with Crippen molar-refractivity contribution >= 4 is 11.3 Å². The van der Waals surface area contributed by atoms with Crippen molar-refractivity contribution in [2.24, 2.45) is 0 Å². The number of nitrogens with zero attached hydrogens (tertiary/aromatic N) is 2. The smallest absolute Gasteiger partial charge is 0.0543 e. The summed E-state index contributed by atoms with van der Waals surface area (Å²) in [6.45, 7) is 9.37. The third-order valence-corrected chi connectivity index (χ3v) is 4.26. The van der Waals surface area contributed by atoms with Crippen LogP contribution in [0.15, 0.2) is 36.5 Å². The molecule has 0 fully saturated rings. The van der Waals surface area contributed by atoms with Crippen LogP contribution in [0.2, 0.25) is 0 Å². The van der Waals surface area contributed by atoms with Gasteiger partial charge in [0.25, 0.3) is 0 Å². The van der Waals surface area contributed by atoms with Crippen molar-refractivity contribution in [1.29, 1.82) is 0 Å². The largest absolute Gasteiger partial charge is 0.311 e. The Kier molecular flexibility index (Phi) is 6.18. The summed E-state index contributed by atoms with van der Waals surface area (Å²) in [5, 5.41) is 3.51. The minimum absolute atomic E-state index is 0.928. The maximum absolute atomic E-state index is 4.38. The number of rotatable bonds is 8. The monoisotopic (exact) mass is 289 g/mol. The van der Waals surface area contributed by atoms with Crippen LogP contribution >= 0.6 is 11.3 Å². The highest BCUT2D eigenvalue weighted by Gasteiger charge is 2.04. The molecule has 4 heteroatoms. The van der Waals surface area contributed by atoms with Gasteiger partial charge in [-0.2, -0.15) is 0 Å². The van der Waals surface area contributed by atoms with Crippen LogP contribution in [0.5, 0.6) is 0 Å². The first-order valence-corrected chi connectivity index (χ1v) is 7.98. The molecular formula is C16H23N3S. The summed E-state index contributed by atoms with van der Waals surface area (Å²) < 4.78 is 0. The Morgan fingerprint density at radius 3 is 2.80 bits per heavy atom. The van der Waals surface area contributed by atoms with E-state index in [1.807, 2.05) is 29.7 Å². The first-order valence-electron chi connectivity index (χ1n) is 7.16. The second-order valence-electron chi connectivity index (χ2n) is 4.88. The zero-order chi connectivity index (χ0) is 14.2. The van der Waals surface area contributed by atoms with Crippen LogP contribution in [-0.2, 0) is 13.1 Å². The molecule has 2 aromatic rings. The number of aromatic nitrogens is 1. The van der Waals surface area contributed by atoms with E-state index in [-0.39, 0.29) is 0 Å². The Hall–Kier alpha value is -1.23. The number of hydrogen-bond donors (Lipinski definition) is 1. The van der Waals surface area contributed by atoms with Gasteiger partial charge in [-0.05, 0) is 37.7 Å². The Labute approximate surface area is 125 Å². The molecule has 20 heavy (non-hydrogen) atoms. The van der Waals surface area contributed by atoms with Gasteiger partial charge < -0.3 is 5.32 Å². The van der Waals surface area contributed by atoms with Gasteiger partial charge >= 0.3 is 0 Å². The van der Waals surface area contributed by atoms with Gasteiger partial charge in [0.15, 0.2) is 0 Å². The topological polar surface area (TPSA) is 28.2 Å². The van der Waals surface area contributed by atoms with Crippen LogP contribution in [-0.4, -0.2) is 29.5 Å². The molecule has 108 valence electrons. The molecule has 0 aliphatic rings. The summed E-state index contributed by atoms with van der Waals surface area (Å²) in [5.41, 5.74) is 1.14. The van der Waals surface area contributed by atoms with Crippen molar-refractivity contribution in [2.75, 3.05) is 19.6 Å². The van der Waals surface area contributed by atoms with Crippen LogP contribution in [0.3, 0.4) is 0 Å².